The van der Waals surface area contributed by atoms with Crippen LogP contribution in [0.3, 0.4) is 0 Å². The zero-order valence-electron chi connectivity index (χ0n) is 20.5. The van der Waals surface area contributed by atoms with Crippen LogP contribution in [0.5, 0.6) is 11.5 Å². The molecule has 0 aliphatic carbocycles. The molecular weight excluding hydrogens is 482 g/mol. The Hall–Kier alpha value is -4.38. The molecule has 11 nitrogen and oxygen atoms in total. The quantitative estimate of drug-likeness (QED) is 0.284. The standard InChI is InChI=1S/C26H27N3O8/c1-18-5-7-20(13-22(18)29(32)33)26(31)27(9-11-34-2)16-25(30)28(15-21-4-3-10-35-21)14-19-6-8-23-24(12-19)37-17-36-23/h3-8,10,12-13H,9,11,14-17H2,1-2H3. The maximum absolute atomic E-state index is 13.5. The predicted octanol–water partition coefficient (Wildman–Crippen LogP) is 3.54. The summed E-state index contributed by atoms with van der Waals surface area (Å²) in [5.74, 6) is 0.977. The van der Waals surface area contributed by atoms with E-state index in [1.54, 1.807) is 30.0 Å². The first-order valence-corrected chi connectivity index (χ1v) is 11.6. The molecule has 2 amide bonds. The Bertz CT molecular complexity index is 1270. The molecule has 1 aliphatic rings. The summed E-state index contributed by atoms with van der Waals surface area (Å²) in [6.45, 7) is 2.22. The molecule has 0 saturated heterocycles. The van der Waals surface area contributed by atoms with Gasteiger partial charge in [-0.2, -0.15) is 0 Å². The Balaban J connectivity index is 1.56. The number of nitrogens with zero attached hydrogens (tertiary/aromatic N) is 3. The van der Waals surface area contributed by atoms with E-state index in [2.05, 4.69) is 0 Å². The molecule has 0 saturated carbocycles. The monoisotopic (exact) mass is 509 g/mol. The van der Waals surface area contributed by atoms with Gasteiger partial charge in [0, 0.05) is 37.4 Å². The number of carbonyl (C=O) groups excluding carboxylic acids is 2. The van der Waals surface area contributed by atoms with Crippen molar-refractivity contribution in [1.29, 1.82) is 0 Å². The van der Waals surface area contributed by atoms with Crippen LogP contribution in [0, 0.1) is 17.0 Å². The van der Waals surface area contributed by atoms with E-state index in [0.29, 0.717) is 22.8 Å². The first-order chi connectivity index (χ1) is 17.9. The Labute approximate surface area is 213 Å². The normalized spacial score (nSPS) is 11.8. The minimum absolute atomic E-state index is 0.120. The zero-order chi connectivity index (χ0) is 26.4. The molecule has 0 unspecified atom stereocenters. The number of hydrogen-bond acceptors (Lipinski definition) is 8. The highest BCUT2D eigenvalue weighted by molar-refractivity contribution is 5.97. The largest absolute Gasteiger partial charge is 0.467 e. The molecule has 0 bridgehead atoms. The lowest BCUT2D eigenvalue weighted by Crippen LogP contribution is -2.43. The van der Waals surface area contributed by atoms with Crippen molar-refractivity contribution in [2.75, 3.05) is 33.6 Å². The van der Waals surface area contributed by atoms with Gasteiger partial charge in [0.25, 0.3) is 11.6 Å². The van der Waals surface area contributed by atoms with Gasteiger partial charge in [0.05, 0.1) is 24.3 Å². The zero-order valence-corrected chi connectivity index (χ0v) is 20.5. The molecule has 4 rings (SSSR count). The lowest BCUT2D eigenvalue weighted by molar-refractivity contribution is -0.385. The van der Waals surface area contributed by atoms with Gasteiger partial charge >= 0.3 is 0 Å². The highest BCUT2D eigenvalue weighted by Crippen LogP contribution is 2.33. The summed E-state index contributed by atoms with van der Waals surface area (Å²) in [4.78, 5) is 40.6. The van der Waals surface area contributed by atoms with Crippen LogP contribution in [-0.2, 0) is 22.6 Å². The number of furan rings is 1. The van der Waals surface area contributed by atoms with Crippen LogP contribution < -0.4 is 9.47 Å². The Kier molecular flexibility index (Phi) is 8.04. The van der Waals surface area contributed by atoms with Crippen molar-refractivity contribution in [2.45, 2.75) is 20.0 Å². The lowest BCUT2D eigenvalue weighted by Gasteiger charge is -2.27. The lowest BCUT2D eigenvalue weighted by atomic mass is 10.1. The van der Waals surface area contributed by atoms with Gasteiger partial charge in [-0.25, -0.2) is 0 Å². The summed E-state index contributed by atoms with van der Waals surface area (Å²) >= 11 is 0. The van der Waals surface area contributed by atoms with E-state index in [0.717, 1.165) is 5.56 Å². The fraction of sp³-hybridized carbons (Fsp3) is 0.308. The number of rotatable bonds is 11. The van der Waals surface area contributed by atoms with Gasteiger partial charge in [0.15, 0.2) is 11.5 Å². The minimum Gasteiger partial charge on any atom is -0.467 e. The van der Waals surface area contributed by atoms with Gasteiger partial charge in [-0.1, -0.05) is 12.1 Å². The van der Waals surface area contributed by atoms with Crippen LogP contribution in [0.2, 0.25) is 0 Å². The van der Waals surface area contributed by atoms with E-state index in [1.807, 2.05) is 12.1 Å². The Morgan fingerprint density at radius 2 is 1.86 bits per heavy atom. The maximum atomic E-state index is 13.5. The molecule has 3 aromatic rings. The highest BCUT2D eigenvalue weighted by Gasteiger charge is 2.25. The third-order valence-electron chi connectivity index (χ3n) is 5.92. The first kappa shape index (κ1) is 25.7. The number of fused-ring (bicyclic) bond motifs is 1. The van der Waals surface area contributed by atoms with E-state index in [-0.39, 0.29) is 56.7 Å². The van der Waals surface area contributed by atoms with E-state index < -0.39 is 10.8 Å². The van der Waals surface area contributed by atoms with Gasteiger partial charge in [0.1, 0.15) is 12.3 Å². The molecule has 1 aliphatic heterocycles. The topological polar surface area (TPSA) is 125 Å². The van der Waals surface area contributed by atoms with Crippen LogP contribution in [0.4, 0.5) is 5.69 Å². The van der Waals surface area contributed by atoms with Crippen molar-refractivity contribution in [3.8, 4) is 11.5 Å². The summed E-state index contributed by atoms with van der Waals surface area (Å²) in [6, 6.07) is 13.2. The molecule has 37 heavy (non-hydrogen) atoms. The summed E-state index contributed by atoms with van der Waals surface area (Å²) < 4.78 is 21.4. The third kappa shape index (κ3) is 6.25. The van der Waals surface area contributed by atoms with Crippen molar-refractivity contribution >= 4 is 17.5 Å². The third-order valence-corrected chi connectivity index (χ3v) is 5.92. The summed E-state index contributed by atoms with van der Waals surface area (Å²) in [5.41, 5.74) is 1.21. The molecule has 2 aromatic carbocycles. The summed E-state index contributed by atoms with van der Waals surface area (Å²) in [7, 11) is 1.49. The van der Waals surface area contributed by atoms with Crippen molar-refractivity contribution in [3.05, 3.63) is 87.4 Å². The van der Waals surface area contributed by atoms with Crippen LogP contribution >= 0.6 is 0 Å². The number of nitro groups is 1. The first-order valence-electron chi connectivity index (χ1n) is 11.6. The number of benzene rings is 2. The molecule has 0 spiro atoms. The summed E-state index contributed by atoms with van der Waals surface area (Å²) in [6.07, 6.45) is 1.53. The SMILES string of the molecule is COCCN(CC(=O)N(Cc1ccc2c(c1)OCO2)Cc1ccco1)C(=O)c1ccc(C)c([N+](=O)[O-])c1. The van der Waals surface area contributed by atoms with Gasteiger partial charge in [-0.3, -0.25) is 19.7 Å². The second-order valence-corrected chi connectivity index (χ2v) is 8.49. The van der Waals surface area contributed by atoms with E-state index in [1.165, 1.54) is 36.5 Å². The van der Waals surface area contributed by atoms with Crippen molar-refractivity contribution in [2.24, 2.45) is 0 Å². The van der Waals surface area contributed by atoms with Crippen molar-refractivity contribution in [3.63, 3.8) is 0 Å². The fourth-order valence-electron chi connectivity index (χ4n) is 3.92. The molecule has 0 radical (unpaired) electrons. The minimum atomic E-state index is -0.535. The number of ether oxygens (including phenoxy) is 3. The number of methoxy groups -OCH3 is 1. The second kappa shape index (κ2) is 11.6. The number of aryl methyl sites for hydroxylation is 1. The Morgan fingerprint density at radius 3 is 2.59 bits per heavy atom. The van der Waals surface area contributed by atoms with Crippen LogP contribution in [0.25, 0.3) is 0 Å². The number of hydrogen-bond donors (Lipinski definition) is 0. The van der Waals surface area contributed by atoms with E-state index >= 15 is 0 Å². The average molecular weight is 510 g/mol. The van der Waals surface area contributed by atoms with Gasteiger partial charge < -0.3 is 28.4 Å². The molecule has 0 N–H and O–H groups in total. The number of amides is 2. The molecule has 0 atom stereocenters. The van der Waals surface area contributed by atoms with Crippen LogP contribution in [-0.4, -0.2) is 60.1 Å². The fourth-order valence-corrected chi connectivity index (χ4v) is 3.92. The Morgan fingerprint density at radius 1 is 1.05 bits per heavy atom. The van der Waals surface area contributed by atoms with Crippen LogP contribution in [0.15, 0.2) is 59.2 Å². The number of carbonyl (C=O) groups is 2. The molecule has 11 heteroatoms. The molecule has 194 valence electrons. The molecular formula is C26H27N3O8. The van der Waals surface area contributed by atoms with E-state index in [4.69, 9.17) is 18.6 Å². The van der Waals surface area contributed by atoms with Gasteiger partial charge in [-0.05, 0) is 42.8 Å². The van der Waals surface area contributed by atoms with Gasteiger partial charge in [0.2, 0.25) is 12.7 Å². The molecule has 1 aromatic heterocycles. The second-order valence-electron chi connectivity index (χ2n) is 8.49. The number of nitro benzene ring substituents is 1. The smallest absolute Gasteiger partial charge is 0.273 e. The van der Waals surface area contributed by atoms with Crippen molar-refractivity contribution < 1.29 is 33.1 Å². The van der Waals surface area contributed by atoms with Gasteiger partial charge in [-0.15, -0.1) is 0 Å². The predicted molar refractivity (Wildman–Crippen MR) is 131 cm³/mol. The summed E-state index contributed by atoms with van der Waals surface area (Å²) in [5, 5.41) is 11.4. The van der Waals surface area contributed by atoms with Crippen molar-refractivity contribution in [1.82, 2.24) is 9.80 Å². The van der Waals surface area contributed by atoms with Crippen LogP contribution in [0.1, 0.15) is 27.2 Å². The highest BCUT2D eigenvalue weighted by atomic mass is 16.7. The molecule has 0 fully saturated rings. The average Bonchev–Trinajstić information content (AvgIpc) is 3.57. The van der Waals surface area contributed by atoms with E-state index in [9.17, 15) is 19.7 Å². The molecule has 2 heterocycles. The maximum Gasteiger partial charge on any atom is 0.273 e.